The van der Waals surface area contributed by atoms with Crippen molar-refractivity contribution in [1.82, 2.24) is 20.1 Å². The lowest BCUT2D eigenvalue weighted by molar-refractivity contribution is 0.0950. The molecule has 2 heterocycles. The number of carbonyl (C=O) groups is 1. The average Bonchev–Trinajstić information content (AvgIpc) is 3.16. The van der Waals surface area contributed by atoms with Crippen molar-refractivity contribution in [2.45, 2.75) is 26.4 Å². The molecule has 0 saturated carbocycles. The predicted molar refractivity (Wildman–Crippen MR) is 110 cm³/mol. The molecular weight excluding hydrogens is 368 g/mol. The zero-order valence-corrected chi connectivity index (χ0v) is 16.8. The minimum atomic E-state index is -0.137. The van der Waals surface area contributed by atoms with Crippen molar-refractivity contribution in [3.8, 4) is 5.88 Å². The van der Waals surface area contributed by atoms with Crippen LogP contribution in [0.2, 0.25) is 0 Å². The number of pyridine rings is 1. The maximum atomic E-state index is 12.7. The van der Waals surface area contributed by atoms with E-state index in [1.54, 1.807) is 25.6 Å². The maximum absolute atomic E-state index is 12.7. The monoisotopic (exact) mass is 394 g/mol. The molecule has 0 bridgehead atoms. The van der Waals surface area contributed by atoms with Gasteiger partial charge in [-0.15, -0.1) is 0 Å². The predicted octanol–water partition coefficient (Wildman–Crippen LogP) is 2.84. The van der Waals surface area contributed by atoms with Crippen LogP contribution in [0.5, 0.6) is 5.88 Å². The van der Waals surface area contributed by atoms with Crippen molar-refractivity contribution >= 4 is 5.91 Å². The maximum Gasteiger partial charge on any atom is 0.255 e. The number of hydrogen-bond donors (Lipinski definition) is 1. The molecule has 0 atom stereocenters. The highest BCUT2D eigenvalue weighted by atomic mass is 16.5. The Morgan fingerprint density at radius 1 is 1.07 bits per heavy atom. The Labute approximate surface area is 170 Å². The lowest BCUT2D eigenvalue weighted by Gasteiger charge is -2.09. The first-order valence-electron chi connectivity index (χ1n) is 9.64. The van der Waals surface area contributed by atoms with E-state index in [1.807, 2.05) is 35.9 Å². The second-order valence-electron chi connectivity index (χ2n) is 6.53. The molecule has 0 aliphatic carbocycles. The highest BCUT2D eigenvalue weighted by Gasteiger charge is 2.16. The second-order valence-corrected chi connectivity index (χ2v) is 6.53. The second kappa shape index (κ2) is 10.4. The van der Waals surface area contributed by atoms with Gasteiger partial charge in [0.05, 0.1) is 30.6 Å². The molecule has 1 aromatic carbocycles. The number of methoxy groups -OCH3 is 1. The van der Waals surface area contributed by atoms with Crippen molar-refractivity contribution in [1.29, 1.82) is 0 Å². The van der Waals surface area contributed by atoms with Gasteiger partial charge in [-0.1, -0.05) is 43.3 Å². The fraction of sp³-hybridized carbons (Fsp3) is 0.318. The van der Waals surface area contributed by atoms with Crippen LogP contribution >= 0.6 is 0 Å². The summed E-state index contributed by atoms with van der Waals surface area (Å²) in [6.07, 6.45) is 4.06. The first-order chi connectivity index (χ1) is 14.2. The van der Waals surface area contributed by atoms with E-state index in [9.17, 15) is 4.79 Å². The smallest absolute Gasteiger partial charge is 0.255 e. The summed E-state index contributed by atoms with van der Waals surface area (Å²) in [4.78, 5) is 16.9. The topological polar surface area (TPSA) is 78.3 Å². The van der Waals surface area contributed by atoms with Crippen molar-refractivity contribution in [2.75, 3.05) is 20.3 Å². The number of nitrogens with zero attached hydrogens (tertiary/aromatic N) is 3. The van der Waals surface area contributed by atoms with Gasteiger partial charge < -0.3 is 14.8 Å². The Morgan fingerprint density at radius 2 is 1.90 bits per heavy atom. The summed E-state index contributed by atoms with van der Waals surface area (Å²) in [6, 6.07) is 13.8. The van der Waals surface area contributed by atoms with Crippen LogP contribution in [0.25, 0.3) is 0 Å². The van der Waals surface area contributed by atoms with E-state index in [4.69, 9.17) is 9.47 Å². The third-order valence-corrected chi connectivity index (χ3v) is 4.49. The Bertz CT molecular complexity index is 908. The van der Waals surface area contributed by atoms with E-state index >= 15 is 0 Å². The summed E-state index contributed by atoms with van der Waals surface area (Å²) in [7, 11) is 1.62. The van der Waals surface area contributed by atoms with Crippen LogP contribution in [-0.4, -0.2) is 41.0 Å². The zero-order chi connectivity index (χ0) is 20.5. The van der Waals surface area contributed by atoms with E-state index < -0.39 is 0 Å². The van der Waals surface area contributed by atoms with E-state index in [0.29, 0.717) is 37.7 Å². The minimum absolute atomic E-state index is 0.137. The Balaban J connectivity index is 1.59. The largest absolute Gasteiger partial charge is 0.475 e. The van der Waals surface area contributed by atoms with Gasteiger partial charge in [0.1, 0.15) is 6.61 Å². The fourth-order valence-corrected chi connectivity index (χ4v) is 2.97. The standard InChI is InChI=1S/C22H26N4O3/c1-3-20-19(15-25-26(20)16-17-7-5-4-6-8-17)22(27)24-14-18-9-10-21(23-13-18)29-12-11-28-2/h4-10,13,15H,3,11-12,14,16H2,1-2H3,(H,24,27). The molecule has 3 aromatic rings. The Morgan fingerprint density at radius 3 is 2.59 bits per heavy atom. The van der Waals surface area contributed by atoms with Gasteiger partial charge in [-0.25, -0.2) is 4.98 Å². The quantitative estimate of drug-likeness (QED) is 0.535. The number of hydrogen-bond acceptors (Lipinski definition) is 5. The van der Waals surface area contributed by atoms with Crippen molar-refractivity contribution in [3.05, 3.63) is 77.2 Å². The summed E-state index contributed by atoms with van der Waals surface area (Å²) in [6.45, 7) is 4.02. The number of benzene rings is 1. The molecule has 0 fully saturated rings. The van der Waals surface area contributed by atoms with Gasteiger partial charge in [-0.3, -0.25) is 9.48 Å². The molecule has 0 unspecified atom stereocenters. The Hall–Kier alpha value is -3.19. The number of rotatable bonds is 10. The van der Waals surface area contributed by atoms with Crippen LogP contribution in [0.15, 0.2) is 54.9 Å². The number of nitrogens with one attached hydrogen (secondary N) is 1. The van der Waals surface area contributed by atoms with Crippen LogP contribution < -0.4 is 10.1 Å². The lowest BCUT2D eigenvalue weighted by Crippen LogP contribution is -2.24. The molecule has 2 aromatic heterocycles. The SMILES string of the molecule is CCc1c(C(=O)NCc2ccc(OCCOC)nc2)cnn1Cc1ccccc1. The van der Waals surface area contributed by atoms with Gasteiger partial charge in [0.2, 0.25) is 5.88 Å². The fourth-order valence-electron chi connectivity index (χ4n) is 2.97. The van der Waals surface area contributed by atoms with Gasteiger partial charge >= 0.3 is 0 Å². The first-order valence-corrected chi connectivity index (χ1v) is 9.64. The molecule has 0 spiro atoms. The number of carbonyl (C=O) groups excluding carboxylic acids is 1. The van der Waals surface area contributed by atoms with Crippen LogP contribution in [0.1, 0.15) is 34.1 Å². The van der Waals surface area contributed by atoms with Crippen molar-refractivity contribution in [3.63, 3.8) is 0 Å². The van der Waals surface area contributed by atoms with E-state index in [2.05, 4.69) is 27.5 Å². The van der Waals surface area contributed by atoms with Crippen molar-refractivity contribution < 1.29 is 14.3 Å². The molecule has 3 rings (SSSR count). The first kappa shape index (κ1) is 20.5. The third kappa shape index (κ3) is 5.65. The Kier molecular flexibility index (Phi) is 7.35. The highest BCUT2D eigenvalue weighted by Crippen LogP contribution is 2.13. The number of aromatic nitrogens is 3. The average molecular weight is 394 g/mol. The molecule has 0 radical (unpaired) electrons. The summed E-state index contributed by atoms with van der Waals surface area (Å²) in [5, 5.41) is 7.37. The van der Waals surface area contributed by atoms with Gasteiger partial charge in [0.15, 0.2) is 0 Å². The number of amides is 1. The summed E-state index contributed by atoms with van der Waals surface area (Å²) < 4.78 is 12.3. The highest BCUT2D eigenvalue weighted by molar-refractivity contribution is 5.95. The molecule has 0 saturated heterocycles. The zero-order valence-electron chi connectivity index (χ0n) is 16.8. The summed E-state index contributed by atoms with van der Waals surface area (Å²) >= 11 is 0. The normalized spacial score (nSPS) is 10.7. The molecule has 0 aliphatic heterocycles. The van der Waals surface area contributed by atoms with Gasteiger partial charge in [-0.05, 0) is 17.5 Å². The number of ether oxygens (including phenoxy) is 2. The molecule has 7 heteroatoms. The molecular formula is C22H26N4O3. The van der Waals surface area contributed by atoms with Gasteiger partial charge in [0, 0.05) is 25.9 Å². The van der Waals surface area contributed by atoms with E-state index in [1.165, 1.54) is 0 Å². The summed E-state index contributed by atoms with van der Waals surface area (Å²) in [5.41, 5.74) is 3.57. The van der Waals surface area contributed by atoms with E-state index in [-0.39, 0.29) is 5.91 Å². The molecule has 0 aliphatic rings. The third-order valence-electron chi connectivity index (χ3n) is 4.49. The van der Waals surface area contributed by atoms with Crippen LogP contribution in [0.4, 0.5) is 0 Å². The molecule has 7 nitrogen and oxygen atoms in total. The summed E-state index contributed by atoms with van der Waals surface area (Å²) in [5.74, 6) is 0.397. The van der Waals surface area contributed by atoms with Crippen LogP contribution in [-0.2, 0) is 24.2 Å². The lowest BCUT2D eigenvalue weighted by atomic mass is 10.1. The van der Waals surface area contributed by atoms with Crippen LogP contribution in [0.3, 0.4) is 0 Å². The van der Waals surface area contributed by atoms with E-state index in [0.717, 1.165) is 23.2 Å². The minimum Gasteiger partial charge on any atom is -0.475 e. The van der Waals surface area contributed by atoms with Crippen LogP contribution in [0, 0.1) is 0 Å². The molecule has 1 N–H and O–H groups in total. The van der Waals surface area contributed by atoms with Crippen molar-refractivity contribution in [2.24, 2.45) is 0 Å². The molecule has 152 valence electrons. The molecule has 29 heavy (non-hydrogen) atoms. The van der Waals surface area contributed by atoms with Gasteiger partial charge in [-0.2, -0.15) is 5.10 Å². The molecule has 1 amide bonds. The van der Waals surface area contributed by atoms with Gasteiger partial charge in [0.25, 0.3) is 5.91 Å².